The Balaban J connectivity index is 1.94. The van der Waals surface area contributed by atoms with E-state index in [1.54, 1.807) is 0 Å². The van der Waals surface area contributed by atoms with Gasteiger partial charge in [0.2, 0.25) is 0 Å². The highest BCUT2D eigenvalue weighted by Crippen LogP contribution is 2.40. The molecule has 1 aliphatic carbocycles. The Bertz CT molecular complexity index is 648. The fraction of sp³-hybridized carbons (Fsp3) is 0.588. The van der Waals surface area contributed by atoms with Crippen molar-refractivity contribution in [2.45, 2.75) is 52.6 Å². The minimum atomic E-state index is 0.171. The fourth-order valence-corrected chi connectivity index (χ4v) is 3.64. The number of fused-ring (bicyclic) bond motifs is 1. The molecule has 2 heterocycles. The van der Waals surface area contributed by atoms with E-state index >= 15 is 0 Å². The summed E-state index contributed by atoms with van der Waals surface area (Å²) in [5.41, 5.74) is 11.9. The number of rotatable bonds is 3. The first-order chi connectivity index (χ1) is 9.89. The van der Waals surface area contributed by atoms with E-state index in [1.807, 2.05) is 11.7 Å². The highest BCUT2D eigenvalue weighted by Gasteiger charge is 2.32. The van der Waals surface area contributed by atoms with Crippen LogP contribution in [0, 0.1) is 5.41 Å². The van der Waals surface area contributed by atoms with E-state index < -0.39 is 0 Å². The summed E-state index contributed by atoms with van der Waals surface area (Å²) in [6, 6.07) is 2.38. The summed E-state index contributed by atoms with van der Waals surface area (Å²) < 4.78 is 4.28. The summed E-state index contributed by atoms with van der Waals surface area (Å²) in [5.74, 6) is 0. The summed E-state index contributed by atoms with van der Waals surface area (Å²) in [6.07, 6.45) is 7.48. The van der Waals surface area contributed by atoms with Crippen LogP contribution in [0.5, 0.6) is 0 Å². The molecule has 21 heavy (non-hydrogen) atoms. The van der Waals surface area contributed by atoms with Crippen LogP contribution >= 0.6 is 0 Å². The highest BCUT2D eigenvalue weighted by atomic mass is 15.3. The van der Waals surface area contributed by atoms with Crippen LogP contribution in [0.3, 0.4) is 0 Å². The van der Waals surface area contributed by atoms with Crippen molar-refractivity contribution in [2.24, 2.45) is 18.2 Å². The van der Waals surface area contributed by atoms with Gasteiger partial charge in [0.25, 0.3) is 0 Å². The minimum Gasteiger partial charge on any atom is -0.347 e. The SMILES string of the molecule is CCc1nn(C)cc1Cn1ccc2c1CC(C)(C)CC2N. The molecule has 0 bridgehead atoms. The van der Waals surface area contributed by atoms with Gasteiger partial charge >= 0.3 is 0 Å². The quantitative estimate of drug-likeness (QED) is 0.943. The Kier molecular flexibility index (Phi) is 3.44. The third kappa shape index (κ3) is 2.64. The number of aryl methyl sites for hydroxylation is 2. The Morgan fingerprint density at radius 3 is 2.90 bits per heavy atom. The first-order valence-corrected chi connectivity index (χ1v) is 7.84. The Morgan fingerprint density at radius 2 is 2.19 bits per heavy atom. The van der Waals surface area contributed by atoms with E-state index in [-0.39, 0.29) is 11.5 Å². The smallest absolute Gasteiger partial charge is 0.0671 e. The Morgan fingerprint density at radius 1 is 1.43 bits per heavy atom. The van der Waals surface area contributed by atoms with Crippen molar-refractivity contribution < 1.29 is 0 Å². The molecule has 114 valence electrons. The fourth-order valence-electron chi connectivity index (χ4n) is 3.64. The van der Waals surface area contributed by atoms with E-state index in [1.165, 1.54) is 22.5 Å². The van der Waals surface area contributed by atoms with Crippen LogP contribution in [-0.4, -0.2) is 14.3 Å². The predicted octanol–water partition coefficient (Wildman–Crippen LogP) is 2.80. The zero-order valence-electron chi connectivity index (χ0n) is 13.6. The molecule has 1 aliphatic rings. The van der Waals surface area contributed by atoms with Crippen LogP contribution in [0.1, 0.15) is 55.7 Å². The summed E-state index contributed by atoms with van der Waals surface area (Å²) in [4.78, 5) is 0. The molecule has 2 N–H and O–H groups in total. The zero-order chi connectivity index (χ0) is 15.2. The average Bonchev–Trinajstić information content (AvgIpc) is 2.93. The van der Waals surface area contributed by atoms with E-state index in [9.17, 15) is 0 Å². The molecule has 2 aromatic heterocycles. The molecule has 0 aromatic carbocycles. The lowest BCUT2D eigenvalue weighted by atomic mass is 9.74. The third-order valence-electron chi connectivity index (χ3n) is 4.60. The lowest BCUT2D eigenvalue weighted by Crippen LogP contribution is -2.30. The molecule has 1 atom stereocenters. The number of nitrogens with two attached hydrogens (primary N) is 1. The van der Waals surface area contributed by atoms with Gasteiger partial charge in [0.1, 0.15) is 0 Å². The lowest BCUT2D eigenvalue weighted by molar-refractivity contribution is 0.276. The van der Waals surface area contributed by atoms with Gasteiger partial charge in [-0.05, 0) is 36.3 Å². The van der Waals surface area contributed by atoms with Gasteiger partial charge in [0.05, 0.1) is 12.2 Å². The first-order valence-electron chi connectivity index (χ1n) is 7.84. The lowest BCUT2D eigenvalue weighted by Gasteiger charge is -2.34. The van der Waals surface area contributed by atoms with Gasteiger partial charge < -0.3 is 10.3 Å². The van der Waals surface area contributed by atoms with Gasteiger partial charge in [-0.2, -0.15) is 5.10 Å². The Labute approximate surface area is 126 Å². The second kappa shape index (κ2) is 5.02. The van der Waals surface area contributed by atoms with Crippen LogP contribution in [0.4, 0.5) is 0 Å². The molecule has 3 rings (SSSR count). The molecule has 0 amide bonds. The summed E-state index contributed by atoms with van der Waals surface area (Å²) in [6.45, 7) is 7.69. The standard InChI is InChI=1S/C17H26N4/c1-5-15-12(10-20(4)19-15)11-21-7-6-13-14(18)8-17(2,3)9-16(13)21/h6-7,10,14H,5,8-9,11,18H2,1-4H3. The van der Waals surface area contributed by atoms with Gasteiger partial charge in [0.15, 0.2) is 0 Å². The van der Waals surface area contributed by atoms with Gasteiger partial charge in [-0.25, -0.2) is 0 Å². The average molecular weight is 286 g/mol. The molecule has 0 spiro atoms. The molecule has 0 saturated carbocycles. The molecule has 0 aliphatic heterocycles. The van der Waals surface area contributed by atoms with Crippen LogP contribution in [0.15, 0.2) is 18.5 Å². The second-order valence-corrected chi connectivity index (χ2v) is 7.13. The number of hydrogen-bond acceptors (Lipinski definition) is 2. The maximum atomic E-state index is 6.36. The van der Waals surface area contributed by atoms with E-state index in [4.69, 9.17) is 5.73 Å². The van der Waals surface area contributed by atoms with Crippen LogP contribution in [-0.2, 0) is 26.4 Å². The molecule has 0 radical (unpaired) electrons. The first kappa shape index (κ1) is 14.4. The number of aromatic nitrogens is 3. The largest absolute Gasteiger partial charge is 0.347 e. The maximum absolute atomic E-state index is 6.36. The third-order valence-corrected chi connectivity index (χ3v) is 4.60. The summed E-state index contributed by atoms with van der Waals surface area (Å²) >= 11 is 0. The van der Waals surface area contributed by atoms with Crippen LogP contribution in [0.25, 0.3) is 0 Å². The topological polar surface area (TPSA) is 48.8 Å². The van der Waals surface area contributed by atoms with Gasteiger partial charge in [-0.3, -0.25) is 4.68 Å². The summed E-state index contributed by atoms with van der Waals surface area (Å²) in [7, 11) is 1.99. The highest BCUT2D eigenvalue weighted by molar-refractivity contribution is 5.31. The molecule has 4 heteroatoms. The van der Waals surface area contributed by atoms with Gasteiger partial charge in [0, 0.05) is 36.7 Å². The summed E-state index contributed by atoms with van der Waals surface area (Å²) in [5, 5.41) is 4.54. The molecule has 2 aromatic rings. The normalized spacial score (nSPS) is 20.5. The number of nitrogens with zero attached hydrogens (tertiary/aromatic N) is 3. The molecule has 0 saturated heterocycles. The van der Waals surface area contributed by atoms with Gasteiger partial charge in [-0.15, -0.1) is 0 Å². The molecular formula is C17H26N4. The van der Waals surface area contributed by atoms with Crippen molar-refractivity contribution in [1.82, 2.24) is 14.3 Å². The zero-order valence-corrected chi connectivity index (χ0v) is 13.6. The second-order valence-electron chi connectivity index (χ2n) is 7.13. The molecular weight excluding hydrogens is 260 g/mol. The molecule has 4 nitrogen and oxygen atoms in total. The van der Waals surface area contributed by atoms with Crippen molar-refractivity contribution in [3.05, 3.63) is 41.0 Å². The van der Waals surface area contributed by atoms with Crippen molar-refractivity contribution in [1.29, 1.82) is 0 Å². The van der Waals surface area contributed by atoms with E-state index in [0.29, 0.717) is 0 Å². The molecule has 0 fully saturated rings. The van der Waals surface area contributed by atoms with E-state index in [2.05, 4.69) is 48.9 Å². The van der Waals surface area contributed by atoms with Crippen molar-refractivity contribution in [3.63, 3.8) is 0 Å². The molecule has 1 unspecified atom stereocenters. The predicted molar refractivity (Wildman–Crippen MR) is 85.2 cm³/mol. The maximum Gasteiger partial charge on any atom is 0.0671 e. The number of hydrogen-bond donors (Lipinski definition) is 1. The van der Waals surface area contributed by atoms with E-state index in [0.717, 1.165) is 25.8 Å². The minimum absolute atomic E-state index is 0.171. The van der Waals surface area contributed by atoms with Crippen molar-refractivity contribution >= 4 is 0 Å². The van der Waals surface area contributed by atoms with Crippen LogP contribution < -0.4 is 5.73 Å². The van der Waals surface area contributed by atoms with Crippen LogP contribution in [0.2, 0.25) is 0 Å². The Hall–Kier alpha value is -1.55. The van der Waals surface area contributed by atoms with Crippen molar-refractivity contribution in [3.8, 4) is 0 Å². The monoisotopic (exact) mass is 286 g/mol. The van der Waals surface area contributed by atoms with Gasteiger partial charge in [-0.1, -0.05) is 20.8 Å². The van der Waals surface area contributed by atoms with Crippen molar-refractivity contribution in [2.75, 3.05) is 0 Å².